The number of methoxy groups -OCH3 is 1. The van der Waals surface area contributed by atoms with Crippen molar-refractivity contribution in [2.45, 2.75) is 46.6 Å². The third kappa shape index (κ3) is 5.64. The lowest BCUT2D eigenvalue weighted by molar-refractivity contribution is 0.396. The molecule has 0 saturated heterocycles. The van der Waals surface area contributed by atoms with Crippen LogP contribution in [0.25, 0.3) is 5.69 Å². The van der Waals surface area contributed by atoms with Gasteiger partial charge in [0.15, 0.2) is 0 Å². The predicted molar refractivity (Wildman–Crippen MR) is 144 cm³/mol. The van der Waals surface area contributed by atoms with E-state index in [0.717, 1.165) is 34.4 Å². The van der Waals surface area contributed by atoms with Crippen molar-refractivity contribution in [2.75, 3.05) is 29.5 Å². The van der Waals surface area contributed by atoms with E-state index in [9.17, 15) is 18.0 Å². The number of nitrogens with zero attached hydrogens (tertiary/aromatic N) is 2. The SMILES string of the molecule is C.COc1c(N2CCc3cc(NS(C)(=O)=O)ccc3C2)cc(-n2ccc(=O)[nH]c2=O)cc1C(C)(C)C. The summed E-state index contributed by atoms with van der Waals surface area (Å²) in [5.74, 6) is 0.734. The maximum absolute atomic E-state index is 12.6. The van der Waals surface area contributed by atoms with E-state index in [0.29, 0.717) is 30.9 Å². The van der Waals surface area contributed by atoms with Gasteiger partial charge in [0.05, 0.1) is 24.7 Å². The van der Waals surface area contributed by atoms with Gasteiger partial charge in [0.25, 0.3) is 5.56 Å². The molecule has 9 nitrogen and oxygen atoms in total. The summed E-state index contributed by atoms with van der Waals surface area (Å²) in [5, 5.41) is 0. The molecule has 1 aromatic heterocycles. The summed E-state index contributed by atoms with van der Waals surface area (Å²) in [5.41, 5.74) is 3.89. The third-order valence-corrected chi connectivity index (χ3v) is 6.64. The Balaban J connectivity index is 0.00000361. The molecule has 194 valence electrons. The van der Waals surface area contributed by atoms with Gasteiger partial charge in [-0.05, 0) is 47.2 Å². The topological polar surface area (TPSA) is 114 Å². The number of aromatic nitrogens is 2. The Hall–Kier alpha value is -3.53. The van der Waals surface area contributed by atoms with Gasteiger partial charge in [-0.1, -0.05) is 34.3 Å². The zero-order valence-corrected chi connectivity index (χ0v) is 21.3. The number of nitrogens with one attached hydrogen (secondary N) is 2. The van der Waals surface area contributed by atoms with Gasteiger partial charge in [-0.3, -0.25) is 19.1 Å². The van der Waals surface area contributed by atoms with Crippen molar-refractivity contribution in [1.82, 2.24) is 9.55 Å². The van der Waals surface area contributed by atoms with Crippen LogP contribution in [0.15, 0.2) is 52.2 Å². The summed E-state index contributed by atoms with van der Waals surface area (Å²) in [6, 6.07) is 10.7. The molecule has 0 atom stereocenters. The van der Waals surface area contributed by atoms with Crippen LogP contribution in [0.5, 0.6) is 5.75 Å². The number of ether oxygens (including phenoxy) is 1. The molecule has 0 bridgehead atoms. The molecule has 3 aromatic rings. The zero-order chi connectivity index (χ0) is 25.5. The van der Waals surface area contributed by atoms with E-state index >= 15 is 0 Å². The van der Waals surface area contributed by atoms with Crippen LogP contribution in [0.1, 0.15) is 44.9 Å². The lowest BCUT2D eigenvalue weighted by Crippen LogP contribution is -2.32. The van der Waals surface area contributed by atoms with E-state index in [-0.39, 0.29) is 12.8 Å². The number of benzene rings is 2. The first-order valence-electron chi connectivity index (χ1n) is 11.2. The molecule has 10 heteroatoms. The Morgan fingerprint density at radius 1 is 1.06 bits per heavy atom. The normalized spacial score (nSPS) is 13.5. The van der Waals surface area contributed by atoms with Crippen molar-refractivity contribution in [3.63, 3.8) is 0 Å². The monoisotopic (exact) mass is 514 g/mol. The van der Waals surface area contributed by atoms with Crippen LogP contribution < -0.4 is 25.6 Å². The minimum atomic E-state index is -3.35. The molecule has 0 aliphatic carbocycles. The summed E-state index contributed by atoms with van der Waals surface area (Å²) in [6.45, 7) is 7.51. The Morgan fingerprint density at radius 3 is 2.39 bits per heavy atom. The van der Waals surface area contributed by atoms with Gasteiger partial charge in [-0.15, -0.1) is 0 Å². The number of anilines is 2. The highest BCUT2D eigenvalue weighted by Crippen LogP contribution is 2.42. The molecule has 2 aromatic carbocycles. The summed E-state index contributed by atoms with van der Waals surface area (Å²) in [7, 11) is -1.71. The highest BCUT2D eigenvalue weighted by molar-refractivity contribution is 7.92. The molecule has 4 rings (SSSR count). The number of H-pyrrole nitrogens is 1. The van der Waals surface area contributed by atoms with E-state index in [1.54, 1.807) is 13.2 Å². The minimum absolute atomic E-state index is 0. The van der Waals surface area contributed by atoms with Crippen molar-refractivity contribution in [2.24, 2.45) is 0 Å². The Labute approximate surface area is 211 Å². The third-order valence-electron chi connectivity index (χ3n) is 6.03. The molecule has 0 radical (unpaired) electrons. The fourth-order valence-corrected chi connectivity index (χ4v) is 4.96. The average molecular weight is 515 g/mol. The van der Waals surface area contributed by atoms with E-state index in [4.69, 9.17) is 4.74 Å². The van der Waals surface area contributed by atoms with Gasteiger partial charge in [-0.25, -0.2) is 13.2 Å². The lowest BCUT2D eigenvalue weighted by Gasteiger charge is -2.34. The predicted octanol–water partition coefficient (Wildman–Crippen LogP) is 3.40. The lowest BCUT2D eigenvalue weighted by atomic mass is 9.85. The van der Waals surface area contributed by atoms with Crippen LogP contribution in [0.3, 0.4) is 0 Å². The van der Waals surface area contributed by atoms with Crippen LogP contribution in [-0.2, 0) is 28.4 Å². The number of rotatable bonds is 5. The largest absolute Gasteiger partial charge is 0.494 e. The molecular formula is C26H34N4O5S. The summed E-state index contributed by atoms with van der Waals surface area (Å²) in [6.07, 6.45) is 3.32. The number of hydrogen-bond donors (Lipinski definition) is 2. The maximum Gasteiger partial charge on any atom is 0.332 e. The first-order chi connectivity index (χ1) is 16.4. The van der Waals surface area contributed by atoms with Crippen molar-refractivity contribution >= 4 is 21.4 Å². The van der Waals surface area contributed by atoms with Gasteiger partial charge in [0.2, 0.25) is 10.0 Å². The molecule has 36 heavy (non-hydrogen) atoms. The Kier molecular flexibility index (Phi) is 7.40. The molecule has 0 unspecified atom stereocenters. The van der Waals surface area contributed by atoms with Crippen LogP contribution in [0.2, 0.25) is 0 Å². The van der Waals surface area contributed by atoms with Crippen LogP contribution in [0, 0.1) is 0 Å². The van der Waals surface area contributed by atoms with Crippen molar-refractivity contribution < 1.29 is 13.2 Å². The van der Waals surface area contributed by atoms with Gasteiger partial charge in [0, 0.05) is 36.6 Å². The highest BCUT2D eigenvalue weighted by atomic mass is 32.2. The van der Waals surface area contributed by atoms with Gasteiger partial charge in [-0.2, -0.15) is 0 Å². The summed E-state index contributed by atoms with van der Waals surface area (Å²) in [4.78, 5) is 28.7. The van der Waals surface area contributed by atoms with Gasteiger partial charge < -0.3 is 9.64 Å². The Morgan fingerprint density at radius 2 is 1.78 bits per heavy atom. The van der Waals surface area contributed by atoms with Crippen molar-refractivity contribution in [3.05, 3.63) is 80.1 Å². The minimum Gasteiger partial charge on any atom is -0.494 e. The fraction of sp³-hybridized carbons (Fsp3) is 0.385. The van der Waals surface area contributed by atoms with E-state index < -0.39 is 21.3 Å². The highest BCUT2D eigenvalue weighted by Gasteiger charge is 2.27. The van der Waals surface area contributed by atoms with Crippen molar-refractivity contribution in [1.29, 1.82) is 0 Å². The molecule has 0 saturated carbocycles. The number of aromatic amines is 1. The first kappa shape index (κ1) is 27.1. The molecule has 1 aliphatic heterocycles. The van der Waals surface area contributed by atoms with Gasteiger partial charge >= 0.3 is 5.69 Å². The van der Waals surface area contributed by atoms with E-state index in [1.807, 2.05) is 24.3 Å². The molecule has 0 spiro atoms. The summed E-state index contributed by atoms with van der Waals surface area (Å²) >= 11 is 0. The van der Waals surface area contributed by atoms with E-state index in [1.165, 1.54) is 16.8 Å². The molecule has 2 heterocycles. The second kappa shape index (κ2) is 9.85. The second-order valence-electron chi connectivity index (χ2n) is 9.81. The van der Waals surface area contributed by atoms with Crippen LogP contribution in [0.4, 0.5) is 11.4 Å². The van der Waals surface area contributed by atoms with Gasteiger partial charge in [0.1, 0.15) is 5.75 Å². The second-order valence-corrected chi connectivity index (χ2v) is 11.6. The molecule has 2 N–H and O–H groups in total. The van der Waals surface area contributed by atoms with E-state index in [2.05, 4.69) is 35.4 Å². The standard InChI is InChI=1S/C25H30N4O5S.CH4/c1-25(2,3)20-13-19(29-11-9-22(30)26-24(29)31)14-21(23(20)34-4)28-10-8-16-12-18(27-35(5,32)33)7-6-17(16)15-28;/h6-7,9,11-14,27H,8,10,15H2,1-5H3,(H,26,30,31);1H4. The first-order valence-corrected chi connectivity index (χ1v) is 13.1. The quantitative estimate of drug-likeness (QED) is 0.540. The molecule has 0 amide bonds. The van der Waals surface area contributed by atoms with Crippen molar-refractivity contribution in [3.8, 4) is 11.4 Å². The molecule has 0 fully saturated rings. The Bertz CT molecular complexity index is 1500. The number of hydrogen-bond acceptors (Lipinski definition) is 6. The fourth-order valence-electron chi connectivity index (χ4n) is 4.40. The average Bonchev–Trinajstić information content (AvgIpc) is 2.76. The number of sulfonamides is 1. The smallest absolute Gasteiger partial charge is 0.332 e. The van der Waals surface area contributed by atoms with Crippen LogP contribution >= 0.6 is 0 Å². The molecular weight excluding hydrogens is 480 g/mol. The summed E-state index contributed by atoms with van der Waals surface area (Å²) < 4.78 is 33.1. The molecule has 1 aliphatic rings. The van der Waals surface area contributed by atoms with Crippen LogP contribution in [-0.4, -0.2) is 37.9 Å². The number of fused-ring (bicyclic) bond motifs is 1. The maximum atomic E-state index is 12.6. The zero-order valence-electron chi connectivity index (χ0n) is 20.5.